The fourth-order valence-corrected chi connectivity index (χ4v) is 0.474. The van der Waals surface area contributed by atoms with Gasteiger partial charge in [0.15, 0.2) is 0 Å². The summed E-state index contributed by atoms with van der Waals surface area (Å²) in [6.45, 7) is 2.16. The van der Waals surface area contributed by atoms with Crippen molar-refractivity contribution in [2.75, 3.05) is 6.16 Å². The minimum absolute atomic E-state index is 0. The Hall–Kier alpha value is 1.62. The summed E-state index contributed by atoms with van der Waals surface area (Å²) in [5.41, 5.74) is 0. The summed E-state index contributed by atoms with van der Waals surface area (Å²) in [6, 6.07) is 0. The summed E-state index contributed by atoms with van der Waals surface area (Å²) in [7, 11) is 4.00. The Balaban J connectivity index is -0.0000000800. The smallest absolute Gasteiger partial charge is 1.00 e. The van der Waals surface area contributed by atoms with E-state index in [-0.39, 0.29) is 37.7 Å². The van der Waals surface area contributed by atoms with Gasteiger partial charge in [-0.15, -0.1) is 6.42 Å². The van der Waals surface area contributed by atoms with E-state index in [1.807, 2.05) is 0 Å². The summed E-state index contributed by atoms with van der Waals surface area (Å²) in [5.74, 6) is 0. The third-order valence-electron chi connectivity index (χ3n) is 0.512. The Morgan fingerprint density at radius 1 is 1.29 bits per heavy atom. The average Bonchev–Trinajstić information content (AvgIpc) is 1.41. The van der Waals surface area contributed by atoms with Crippen LogP contribution in [0.1, 0.15) is 19.8 Å². The minimum atomic E-state index is 0. The summed E-state index contributed by atoms with van der Waals surface area (Å²) in [5, 5.41) is 0. The summed E-state index contributed by atoms with van der Waals surface area (Å²) < 4.78 is 0. The molecule has 0 saturated heterocycles. The zero-order chi connectivity index (χ0) is 4.12. The molecule has 0 aromatic carbocycles. The van der Waals surface area contributed by atoms with Crippen LogP contribution in [0.4, 0.5) is 0 Å². The van der Waals surface area contributed by atoms with Crippen molar-refractivity contribution in [1.82, 2.24) is 0 Å². The maximum absolute atomic E-state index is 4.00. The van der Waals surface area contributed by atoms with Crippen LogP contribution in [0.5, 0.6) is 0 Å². The van der Waals surface area contributed by atoms with E-state index in [1.165, 1.54) is 12.8 Å². The van der Waals surface area contributed by atoms with Gasteiger partial charge in [-0.25, -0.2) is 0 Å². The van der Waals surface area contributed by atoms with E-state index in [9.17, 15) is 0 Å². The first kappa shape index (κ1) is 15.8. The topological polar surface area (TPSA) is 0 Å². The number of unbranched alkanes of at least 4 members (excludes halogenated alkanes) is 1. The third-order valence-corrected chi connectivity index (χ3v) is 0.828. The van der Waals surface area contributed by atoms with Crippen LogP contribution in [0.15, 0.2) is 0 Å². The number of rotatable bonds is 2. The van der Waals surface area contributed by atoms with Crippen LogP contribution < -0.4 is 37.7 Å². The van der Waals surface area contributed by atoms with E-state index in [0.29, 0.717) is 0 Å². The predicted octanol–water partition coefficient (Wildman–Crippen LogP) is -3.79. The van der Waals surface area contributed by atoms with E-state index in [0.717, 1.165) is 6.16 Å². The van der Waals surface area contributed by atoms with Crippen molar-refractivity contribution >= 4 is 9.24 Å². The van der Waals surface area contributed by atoms with Gasteiger partial charge in [-0.1, -0.05) is 13.3 Å². The Labute approximate surface area is 72.8 Å². The third kappa shape index (κ3) is 18.4. The molecular formula is C4H9Li2P. The van der Waals surface area contributed by atoms with Gasteiger partial charge in [-0.3, -0.25) is 0 Å². The van der Waals surface area contributed by atoms with Gasteiger partial charge in [0, 0.05) is 0 Å². The summed E-state index contributed by atoms with van der Waals surface area (Å²) in [6.07, 6.45) is 3.56. The van der Waals surface area contributed by atoms with E-state index in [1.54, 1.807) is 0 Å². The fraction of sp³-hybridized carbons (Fsp3) is 1.00. The normalized spacial score (nSPS) is 6.00. The van der Waals surface area contributed by atoms with Gasteiger partial charge in [0.2, 0.25) is 0 Å². The van der Waals surface area contributed by atoms with E-state index >= 15 is 0 Å². The monoisotopic (exact) mass is 102 g/mol. The molecular weight excluding hydrogens is 92.9 g/mol. The summed E-state index contributed by atoms with van der Waals surface area (Å²) in [4.78, 5) is 0. The van der Waals surface area contributed by atoms with Crippen molar-refractivity contribution in [3.8, 4) is 0 Å². The molecule has 0 spiro atoms. The van der Waals surface area contributed by atoms with Gasteiger partial charge < -0.3 is 15.4 Å². The molecule has 0 aliphatic heterocycles. The molecule has 0 aromatic heterocycles. The zero-order valence-corrected chi connectivity index (χ0v) is 6.46. The molecule has 0 nitrogen and oxygen atoms in total. The molecule has 3 heteroatoms. The number of hydrogen-bond donors (Lipinski definition) is 0. The minimum Gasteiger partial charge on any atom is -1.49 e. The molecule has 0 bridgehead atoms. The molecule has 0 unspecified atom stereocenters. The van der Waals surface area contributed by atoms with Gasteiger partial charge in [-0.05, 0) is 0 Å². The fourth-order valence-electron chi connectivity index (χ4n) is 0.158. The average molecular weight is 102 g/mol. The second-order valence-corrected chi connectivity index (χ2v) is 1.52. The first-order valence-electron chi connectivity index (χ1n) is 2.02. The SMILES string of the molecule is CCCC[P-2].[Li+].[Li+]. The van der Waals surface area contributed by atoms with Crippen LogP contribution in [0.25, 0.3) is 0 Å². The molecule has 0 amide bonds. The van der Waals surface area contributed by atoms with Crippen molar-refractivity contribution in [3.05, 3.63) is 0 Å². The second kappa shape index (κ2) is 15.6. The molecule has 32 valence electrons. The Morgan fingerprint density at radius 3 is 1.71 bits per heavy atom. The molecule has 0 atom stereocenters. The van der Waals surface area contributed by atoms with E-state index in [4.69, 9.17) is 0 Å². The molecule has 0 aliphatic rings. The van der Waals surface area contributed by atoms with Crippen LogP contribution in [0, 0.1) is 0 Å². The molecule has 0 saturated carbocycles. The molecule has 0 N–H and O–H groups in total. The molecule has 0 aromatic rings. The van der Waals surface area contributed by atoms with Gasteiger partial charge >= 0.3 is 37.7 Å². The van der Waals surface area contributed by atoms with Gasteiger partial charge in [0.05, 0.1) is 0 Å². The number of hydrogen-bond acceptors (Lipinski definition) is 0. The first-order chi connectivity index (χ1) is 2.41. The molecule has 7 heavy (non-hydrogen) atoms. The quantitative estimate of drug-likeness (QED) is 0.248. The Kier molecular flexibility index (Phi) is 35.4. The molecule has 0 rings (SSSR count). The van der Waals surface area contributed by atoms with E-state index in [2.05, 4.69) is 16.2 Å². The Morgan fingerprint density at radius 2 is 1.71 bits per heavy atom. The van der Waals surface area contributed by atoms with E-state index < -0.39 is 0 Å². The Bertz CT molecular complexity index is 17.2. The van der Waals surface area contributed by atoms with Crippen molar-refractivity contribution in [3.63, 3.8) is 0 Å². The van der Waals surface area contributed by atoms with Crippen LogP contribution >= 0.6 is 9.24 Å². The second-order valence-electron chi connectivity index (χ2n) is 1.08. The van der Waals surface area contributed by atoms with Crippen LogP contribution in [-0.2, 0) is 0 Å². The van der Waals surface area contributed by atoms with Crippen molar-refractivity contribution in [1.29, 1.82) is 0 Å². The van der Waals surface area contributed by atoms with Crippen molar-refractivity contribution in [2.45, 2.75) is 19.8 Å². The van der Waals surface area contributed by atoms with Crippen LogP contribution in [-0.4, -0.2) is 6.16 Å². The molecule has 0 aliphatic carbocycles. The first-order valence-corrected chi connectivity index (χ1v) is 2.66. The zero-order valence-electron chi connectivity index (χ0n) is 5.57. The molecule has 0 radical (unpaired) electrons. The molecule has 0 fully saturated rings. The van der Waals surface area contributed by atoms with Crippen molar-refractivity contribution < 1.29 is 37.7 Å². The van der Waals surface area contributed by atoms with Gasteiger partial charge in [0.25, 0.3) is 0 Å². The summed E-state index contributed by atoms with van der Waals surface area (Å²) >= 11 is 0. The van der Waals surface area contributed by atoms with Gasteiger partial charge in [0.1, 0.15) is 0 Å². The molecule has 0 heterocycles. The van der Waals surface area contributed by atoms with Gasteiger partial charge in [-0.2, -0.15) is 0 Å². The van der Waals surface area contributed by atoms with Crippen LogP contribution in [0.2, 0.25) is 0 Å². The maximum Gasteiger partial charge on any atom is 1.00 e. The predicted molar refractivity (Wildman–Crippen MR) is 26.7 cm³/mol. The maximum atomic E-state index is 4.00. The standard InChI is InChI=1S/C4H9P.2Li/c1-2-3-4-5;;/h2-4H2,1H3;;/q-2;2*+1. The van der Waals surface area contributed by atoms with Crippen molar-refractivity contribution in [2.24, 2.45) is 0 Å². The van der Waals surface area contributed by atoms with Crippen LogP contribution in [0.3, 0.4) is 0 Å². The largest absolute Gasteiger partial charge is 1.49 e.